The van der Waals surface area contributed by atoms with Gasteiger partial charge >= 0.3 is 5.97 Å². The van der Waals surface area contributed by atoms with Gasteiger partial charge in [-0.25, -0.2) is 4.79 Å². The van der Waals surface area contributed by atoms with E-state index >= 15 is 0 Å². The second-order valence-electron chi connectivity index (χ2n) is 5.03. The molecule has 5 nitrogen and oxygen atoms in total. The van der Waals surface area contributed by atoms with E-state index in [-0.39, 0.29) is 6.29 Å². The molecule has 1 saturated heterocycles. The van der Waals surface area contributed by atoms with Gasteiger partial charge in [0, 0.05) is 6.61 Å². The Labute approximate surface area is 124 Å². The fraction of sp³-hybridized carbons (Fsp3) is 0.562. The Morgan fingerprint density at radius 1 is 1.19 bits per heavy atom. The standard InChI is InChI=1S/C16H22O5/c17-16(18)14-6-4-13(5-7-14)8-10-19-11-12-21-15-3-1-2-9-20-15/h4-7,15H,1-3,8-12H2,(H,17,18). The lowest BCUT2D eigenvalue weighted by Crippen LogP contribution is -2.24. The van der Waals surface area contributed by atoms with Gasteiger partial charge in [-0.15, -0.1) is 0 Å². The minimum absolute atomic E-state index is 0.0640. The van der Waals surface area contributed by atoms with Crippen molar-refractivity contribution in [2.75, 3.05) is 26.4 Å². The van der Waals surface area contributed by atoms with Gasteiger partial charge < -0.3 is 19.3 Å². The normalized spacial score (nSPS) is 18.6. The van der Waals surface area contributed by atoms with E-state index in [0.717, 1.165) is 37.9 Å². The molecule has 116 valence electrons. The molecule has 0 bridgehead atoms. The summed E-state index contributed by atoms with van der Waals surface area (Å²) in [5.41, 5.74) is 1.37. The lowest BCUT2D eigenvalue weighted by molar-refractivity contribution is -0.168. The maximum Gasteiger partial charge on any atom is 0.335 e. The van der Waals surface area contributed by atoms with Crippen molar-refractivity contribution in [1.82, 2.24) is 0 Å². The van der Waals surface area contributed by atoms with E-state index in [1.807, 2.05) is 12.1 Å². The van der Waals surface area contributed by atoms with Crippen LogP contribution in [0.3, 0.4) is 0 Å². The van der Waals surface area contributed by atoms with Gasteiger partial charge in [-0.3, -0.25) is 0 Å². The zero-order valence-electron chi connectivity index (χ0n) is 12.1. The highest BCUT2D eigenvalue weighted by molar-refractivity contribution is 5.87. The molecular formula is C16H22O5. The summed E-state index contributed by atoms with van der Waals surface area (Å²) in [5, 5.41) is 8.81. The first-order valence-electron chi connectivity index (χ1n) is 7.39. The molecule has 0 radical (unpaired) electrons. The van der Waals surface area contributed by atoms with Gasteiger partial charge in [0.05, 0.1) is 25.4 Å². The summed E-state index contributed by atoms with van der Waals surface area (Å²) in [4.78, 5) is 10.7. The third-order valence-electron chi connectivity index (χ3n) is 3.41. The molecule has 1 fully saturated rings. The van der Waals surface area contributed by atoms with Crippen molar-refractivity contribution in [2.24, 2.45) is 0 Å². The number of ether oxygens (including phenoxy) is 3. The van der Waals surface area contributed by atoms with Gasteiger partial charge in [-0.05, 0) is 43.4 Å². The number of aromatic carboxylic acids is 1. The molecule has 0 aromatic heterocycles. The topological polar surface area (TPSA) is 65.0 Å². The Balaban J connectivity index is 1.54. The third kappa shape index (κ3) is 5.83. The first-order valence-corrected chi connectivity index (χ1v) is 7.39. The predicted octanol–water partition coefficient (Wildman–Crippen LogP) is 2.49. The molecule has 2 rings (SSSR count). The van der Waals surface area contributed by atoms with E-state index in [1.54, 1.807) is 12.1 Å². The van der Waals surface area contributed by atoms with Gasteiger partial charge in [0.15, 0.2) is 6.29 Å². The maximum atomic E-state index is 10.7. The molecule has 1 unspecified atom stereocenters. The highest BCUT2D eigenvalue weighted by Gasteiger charge is 2.13. The summed E-state index contributed by atoms with van der Waals surface area (Å²) in [6.45, 7) is 2.48. The zero-order chi connectivity index (χ0) is 14.9. The van der Waals surface area contributed by atoms with Crippen LogP contribution < -0.4 is 0 Å². The van der Waals surface area contributed by atoms with E-state index in [2.05, 4.69) is 0 Å². The molecule has 1 aliphatic rings. The van der Waals surface area contributed by atoms with Crippen LogP contribution in [-0.4, -0.2) is 43.8 Å². The summed E-state index contributed by atoms with van der Waals surface area (Å²) in [5.74, 6) is -0.903. The SMILES string of the molecule is O=C(O)c1ccc(CCOCCOC2CCCCO2)cc1. The Hall–Kier alpha value is -1.43. The second kappa shape index (κ2) is 8.77. The van der Waals surface area contributed by atoms with E-state index in [0.29, 0.717) is 25.4 Å². The maximum absolute atomic E-state index is 10.7. The van der Waals surface area contributed by atoms with Crippen LogP contribution in [0.25, 0.3) is 0 Å². The number of hydrogen-bond acceptors (Lipinski definition) is 4. The fourth-order valence-electron chi connectivity index (χ4n) is 2.19. The monoisotopic (exact) mass is 294 g/mol. The minimum atomic E-state index is -0.903. The largest absolute Gasteiger partial charge is 0.478 e. The van der Waals surface area contributed by atoms with E-state index in [9.17, 15) is 4.79 Å². The van der Waals surface area contributed by atoms with Crippen LogP contribution in [0.4, 0.5) is 0 Å². The first-order chi connectivity index (χ1) is 10.3. The van der Waals surface area contributed by atoms with E-state index < -0.39 is 5.97 Å². The summed E-state index contributed by atoms with van der Waals surface area (Å²) in [6.07, 6.45) is 3.95. The van der Waals surface area contributed by atoms with E-state index in [4.69, 9.17) is 19.3 Å². The first kappa shape index (κ1) is 15.9. The van der Waals surface area contributed by atoms with Crippen molar-refractivity contribution in [3.8, 4) is 0 Å². The molecule has 0 aliphatic carbocycles. The van der Waals surface area contributed by atoms with Crippen LogP contribution in [0.5, 0.6) is 0 Å². The molecule has 0 spiro atoms. The molecule has 1 N–H and O–H groups in total. The molecule has 1 aliphatic heterocycles. The van der Waals surface area contributed by atoms with Crippen LogP contribution in [0.2, 0.25) is 0 Å². The number of rotatable bonds is 8. The van der Waals surface area contributed by atoms with Crippen molar-refractivity contribution in [2.45, 2.75) is 32.0 Å². The molecular weight excluding hydrogens is 272 g/mol. The van der Waals surface area contributed by atoms with Crippen LogP contribution in [0.1, 0.15) is 35.2 Å². The highest BCUT2D eigenvalue weighted by Crippen LogP contribution is 2.13. The van der Waals surface area contributed by atoms with Gasteiger partial charge in [0.1, 0.15) is 0 Å². The number of carboxylic acids is 1. The van der Waals surface area contributed by atoms with E-state index in [1.165, 1.54) is 0 Å². The van der Waals surface area contributed by atoms with Crippen LogP contribution >= 0.6 is 0 Å². The zero-order valence-corrected chi connectivity index (χ0v) is 12.1. The van der Waals surface area contributed by atoms with Crippen LogP contribution in [-0.2, 0) is 20.6 Å². The lowest BCUT2D eigenvalue weighted by Gasteiger charge is -2.22. The quantitative estimate of drug-likeness (QED) is 0.746. The molecule has 21 heavy (non-hydrogen) atoms. The number of carboxylic acid groups (broad SMARTS) is 1. The average molecular weight is 294 g/mol. The van der Waals surface area contributed by atoms with Crippen LogP contribution in [0.15, 0.2) is 24.3 Å². The Bertz CT molecular complexity index is 423. The van der Waals surface area contributed by atoms with Crippen LogP contribution in [0, 0.1) is 0 Å². The second-order valence-corrected chi connectivity index (χ2v) is 5.03. The van der Waals surface area contributed by atoms with Crippen molar-refractivity contribution in [1.29, 1.82) is 0 Å². The van der Waals surface area contributed by atoms with Crippen molar-refractivity contribution in [3.63, 3.8) is 0 Å². The molecule has 0 amide bonds. The molecule has 5 heteroatoms. The van der Waals surface area contributed by atoms with Crippen molar-refractivity contribution >= 4 is 5.97 Å². The number of hydrogen-bond donors (Lipinski definition) is 1. The average Bonchev–Trinajstić information content (AvgIpc) is 2.52. The van der Waals surface area contributed by atoms with Gasteiger partial charge in [0.2, 0.25) is 0 Å². The summed E-state index contributed by atoms with van der Waals surface area (Å²) >= 11 is 0. The molecule has 1 heterocycles. The highest BCUT2D eigenvalue weighted by atomic mass is 16.7. The summed E-state index contributed by atoms with van der Waals surface area (Å²) < 4.78 is 16.5. The Morgan fingerprint density at radius 2 is 2.00 bits per heavy atom. The third-order valence-corrected chi connectivity index (χ3v) is 3.41. The molecule has 1 aromatic rings. The van der Waals surface area contributed by atoms with Gasteiger partial charge in [-0.1, -0.05) is 12.1 Å². The minimum Gasteiger partial charge on any atom is -0.478 e. The van der Waals surface area contributed by atoms with Gasteiger partial charge in [0.25, 0.3) is 0 Å². The Kier molecular flexibility index (Phi) is 6.66. The molecule has 1 aromatic carbocycles. The van der Waals surface area contributed by atoms with Crippen molar-refractivity contribution in [3.05, 3.63) is 35.4 Å². The summed E-state index contributed by atoms with van der Waals surface area (Å²) in [7, 11) is 0. The smallest absolute Gasteiger partial charge is 0.335 e. The summed E-state index contributed by atoms with van der Waals surface area (Å²) in [6, 6.07) is 6.86. The van der Waals surface area contributed by atoms with Gasteiger partial charge in [-0.2, -0.15) is 0 Å². The molecule has 0 saturated carbocycles. The fourth-order valence-corrected chi connectivity index (χ4v) is 2.19. The Morgan fingerprint density at radius 3 is 2.67 bits per heavy atom. The van der Waals surface area contributed by atoms with Crippen molar-refractivity contribution < 1.29 is 24.1 Å². The number of carbonyl (C=O) groups is 1. The lowest BCUT2D eigenvalue weighted by atomic mass is 10.1. The number of benzene rings is 1. The predicted molar refractivity (Wildman–Crippen MR) is 77.5 cm³/mol. The molecule has 1 atom stereocenters.